The molecule has 192 valence electrons. The van der Waals surface area contributed by atoms with Crippen LogP contribution in [0.2, 0.25) is 0 Å². The number of benzene rings is 2. The van der Waals surface area contributed by atoms with Crippen LogP contribution >= 0.6 is 0 Å². The van der Waals surface area contributed by atoms with Gasteiger partial charge in [0.2, 0.25) is 11.9 Å². The first kappa shape index (κ1) is 25.6. The number of rotatable bonds is 8. The molecule has 0 amide bonds. The molecule has 0 radical (unpaired) electrons. The van der Waals surface area contributed by atoms with Gasteiger partial charge >= 0.3 is 0 Å². The van der Waals surface area contributed by atoms with Crippen molar-refractivity contribution in [1.29, 1.82) is 0 Å². The number of ether oxygens (including phenoxy) is 1. The van der Waals surface area contributed by atoms with Crippen LogP contribution in [-0.4, -0.2) is 73.9 Å². The molecule has 0 saturated carbocycles. The highest BCUT2D eigenvalue weighted by Crippen LogP contribution is 2.32. The van der Waals surface area contributed by atoms with Gasteiger partial charge in [-0.3, -0.25) is 0 Å². The number of hydrogen-bond donors (Lipinski definition) is 2. The third-order valence-corrected chi connectivity index (χ3v) is 8.36. The Balaban J connectivity index is 1.54. The van der Waals surface area contributed by atoms with E-state index in [2.05, 4.69) is 48.5 Å². The van der Waals surface area contributed by atoms with Crippen LogP contribution in [0.1, 0.15) is 20.3 Å². The van der Waals surface area contributed by atoms with Gasteiger partial charge in [-0.2, -0.15) is 4.98 Å². The summed E-state index contributed by atoms with van der Waals surface area (Å²) in [7, 11) is 0.295. The number of hydrogen-bond acceptors (Lipinski definition) is 10. The molecule has 0 unspecified atom stereocenters. The van der Waals surface area contributed by atoms with Crippen molar-refractivity contribution in [2.24, 2.45) is 0 Å². The van der Waals surface area contributed by atoms with E-state index >= 15 is 0 Å². The van der Waals surface area contributed by atoms with Gasteiger partial charge in [-0.15, -0.1) is 0 Å². The van der Waals surface area contributed by atoms with Crippen LogP contribution in [0.25, 0.3) is 0 Å². The van der Waals surface area contributed by atoms with Crippen molar-refractivity contribution in [2.45, 2.75) is 30.4 Å². The van der Waals surface area contributed by atoms with Crippen molar-refractivity contribution < 1.29 is 13.2 Å². The van der Waals surface area contributed by atoms with Gasteiger partial charge in [0.15, 0.2) is 9.84 Å². The Bertz CT molecular complexity index is 1300. The minimum Gasteiger partial charge on any atom is -0.494 e. The lowest BCUT2D eigenvalue weighted by Gasteiger charge is -2.24. The predicted molar refractivity (Wildman–Crippen MR) is 142 cm³/mol. The van der Waals surface area contributed by atoms with Crippen LogP contribution in [0.4, 0.5) is 29.0 Å². The Morgan fingerprint density at radius 1 is 0.944 bits per heavy atom. The molecule has 36 heavy (non-hydrogen) atoms. The summed E-state index contributed by atoms with van der Waals surface area (Å²) in [5.74, 6) is 1.20. The van der Waals surface area contributed by atoms with Gasteiger partial charge < -0.3 is 25.2 Å². The number of nitrogens with one attached hydrogen (secondary N) is 2. The number of likely N-dealkylation sites (N-methyl/N-ethyl adjacent to an activating group) is 1. The van der Waals surface area contributed by atoms with E-state index in [0.29, 0.717) is 23.1 Å². The second-order valence-electron chi connectivity index (χ2n) is 9.00. The van der Waals surface area contributed by atoms with Gasteiger partial charge in [0, 0.05) is 31.4 Å². The highest BCUT2D eigenvalue weighted by atomic mass is 32.2. The van der Waals surface area contributed by atoms with E-state index in [1.54, 1.807) is 45.2 Å². The maximum Gasteiger partial charge on any atom is 0.232 e. The lowest BCUT2D eigenvalue weighted by Crippen LogP contribution is -2.28. The van der Waals surface area contributed by atoms with E-state index in [-0.39, 0.29) is 10.8 Å². The van der Waals surface area contributed by atoms with Gasteiger partial charge in [0.1, 0.15) is 12.1 Å². The lowest BCUT2D eigenvalue weighted by molar-refractivity contribution is 0.360. The summed E-state index contributed by atoms with van der Waals surface area (Å²) in [5.41, 5.74) is 2.23. The van der Waals surface area contributed by atoms with Crippen LogP contribution in [0.3, 0.4) is 0 Å². The lowest BCUT2D eigenvalue weighted by atomic mass is 10.2. The molecule has 2 aromatic carbocycles. The molecular weight excluding hydrogens is 478 g/mol. The Labute approximate surface area is 212 Å². The summed E-state index contributed by atoms with van der Waals surface area (Å²) in [6.07, 6.45) is 2.48. The maximum atomic E-state index is 12.8. The fourth-order valence-electron chi connectivity index (χ4n) is 4.01. The number of nitrogens with zero attached hydrogens (tertiary/aromatic N) is 5. The Hall–Kier alpha value is -3.44. The van der Waals surface area contributed by atoms with Gasteiger partial charge in [-0.05, 0) is 58.1 Å². The molecule has 1 aliphatic heterocycles. The normalized spacial score (nSPS) is 15.0. The Morgan fingerprint density at radius 2 is 1.67 bits per heavy atom. The summed E-state index contributed by atoms with van der Waals surface area (Å²) in [4.78, 5) is 17.7. The molecule has 2 heterocycles. The van der Waals surface area contributed by atoms with E-state index in [1.807, 2.05) is 12.1 Å². The largest absolute Gasteiger partial charge is 0.494 e. The van der Waals surface area contributed by atoms with Crippen molar-refractivity contribution in [3.63, 3.8) is 0 Å². The number of sulfone groups is 1. The van der Waals surface area contributed by atoms with E-state index in [1.165, 1.54) is 6.33 Å². The van der Waals surface area contributed by atoms with Crippen molar-refractivity contribution in [1.82, 2.24) is 19.9 Å². The molecule has 0 spiro atoms. The molecule has 2 N–H and O–H groups in total. The molecule has 3 aromatic rings. The zero-order chi connectivity index (χ0) is 25.7. The van der Waals surface area contributed by atoms with Crippen LogP contribution in [0, 0.1) is 0 Å². The van der Waals surface area contributed by atoms with Gasteiger partial charge in [0.25, 0.3) is 0 Å². The number of anilines is 5. The Morgan fingerprint density at radius 3 is 2.39 bits per heavy atom. The van der Waals surface area contributed by atoms with E-state index in [0.717, 1.165) is 38.3 Å². The quantitative estimate of drug-likeness (QED) is 0.464. The van der Waals surface area contributed by atoms with Gasteiger partial charge in [0.05, 0.1) is 28.6 Å². The molecule has 0 bridgehead atoms. The zero-order valence-corrected chi connectivity index (χ0v) is 21.9. The summed E-state index contributed by atoms with van der Waals surface area (Å²) in [6.45, 7) is 7.38. The third-order valence-electron chi connectivity index (χ3n) is 6.15. The molecular formula is C25H33N7O3S. The summed E-state index contributed by atoms with van der Waals surface area (Å²) in [6, 6.07) is 12.7. The minimum atomic E-state index is -3.49. The molecule has 1 fully saturated rings. The molecule has 1 aliphatic rings. The van der Waals surface area contributed by atoms with E-state index in [9.17, 15) is 8.42 Å². The second-order valence-corrected chi connectivity index (χ2v) is 11.5. The topological polar surface area (TPSA) is 113 Å². The number of aromatic nitrogens is 3. The summed E-state index contributed by atoms with van der Waals surface area (Å²) >= 11 is 0. The summed E-state index contributed by atoms with van der Waals surface area (Å²) < 4.78 is 31.2. The number of methoxy groups -OCH3 is 1. The average molecular weight is 512 g/mol. The van der Waals surface area contributed by atoms with Gasteiger partial charge in [-0.1, -0.05) is 12.1 Å². The van der Waals surface area contributed by atoms with Crippen LogP contribution in [-0.2, 0) is 9.84 Å². The zero-order valence-electron chi connectivity index (χ0n) is 21.1. The SMILES string of the molecule is COc1cc(N2CCCN(C)CC2)ccc1Nc1ncnc(Nc2ccccc2S(=O)(=O)C(C)C)n1. The predicted octanol–water partition coefficient (Wildman–Crippen LogP) is 3.69. The molecule has 0 atom stereocenters. The highest BCUT2D eigenvalue weighted by Gasteiger charge is 2.23. The van der Waals surface area contributed by atoms with Crippen LogP contribution in [0.5, 0.6) is 5.75 Å². The third kappa shape index (κ3) is 5.85. The second kappa shape index (κ2) is 11.1. The molecule has 1 saturated heterocycles. The van der Waals surface area contributed by atoms with Crippen molar-refractivity contribution in [3.05, 3.63) is 48.8 Å². The number of para-hydroxylation sites is 1. The average Bonchev–Trinajstić information content (AvgIpc) is 3.09. The molecule has 11 heteroatoms. The standard InChI is InChI=1S/C25H33N7O3S/c1-18(2)36(33,34)23-9-6-5-8-21(23)29-25-27-17-26-24(30-25)28-20-11-10-19(16-22(20)35-4)32-13-7-12-31(3)14-15-32/h5-6,8-11,16-18H,7,12-15H2,1-4H3,(H2,26,27,28,29,30). The molecule has 4 rings (SSSR count). The van der Waals surface area contributed by atoms with Crippen LogP contribution < -0.4 is 20.3 Å². The fourth-order valence-corrected chi connectivity index (χ4v) is 5.22. The maximum absolute atomic E-state index is 12.8. The van der Waals surface area contributed by atoms with Crippen molar-refractivity contribution in [2.75, 3.05) is 55.9 Å². The first-order valence-electron chi connectivity index (χ1n) is 12.0. The first-order valence-corrected chi connectivity index (χ1v) is 13.5. The summed E-state index contributed by atoms with van der Waals surface area (Å²) in [5, 5.41) is 5.66. The highest BCUT2D eigenvalue weighted by molar-refractivity contribution is 7.92. The molecule has 1 aromatic heterocycles. The minimum absolute atomic E-state index is 0.201. The fraction of sp³-hybridized carbons (Fsp3) is 0.400. The molecule has 0 aliphatic carbocycles. The van der Waals surface area contributed by atoms with Crippen LogP contribution in [0.15, 0.2) is 53.7 Å². The van der Waals surface area contributed by atoms with E-state index in [4.69, 9.17) is 4.74 Å². The Kier molecular flexibility index (Phi) is 7.90. The van der Waals surface area contributed by atoms with Gasteiger partial charge in [-0.25, -0.2) is 18.4 Å². The van der Waals surface area contributed by atoms with Crippen molar-refractivity contribution in [3.8, 4) is 5.75 Å². The van der Waals surface area contributed by atoms with Crippen molar-refractivity contribution >= 4 is 38.8 Å². The monoisotopic (exact) mass is 511 g/mol. The first-order chi connectivity index (χ1) is 17.3. The van der Waals surface area contributed by atoms with E-state index < -0.39 is 15.1 Å². The molecule has 10 nitrogen and oxygen atoms in total. The smallest absolute Gasteiger partial charge is 0.232 e.